The summed E-state index contributed by atoms with van der Waals surface area (Å²) in [6.45, 7) is 6.81. The van der Waals surface area contributed by atoms with E-state index >= 15 is 0 Å². The lowest BCUT2D eigenvalue weighted by atomic mass is 10.1. The van der Waals surface area contributed by atoms with Crippen LogP contribution in [0.2, 0.25) is 0 Å². The van der Waals surface area contributed by atoms with E-state index < -0.39 is 89.7 Å². The third-order valence-electron chi connectivity index (χ3n) is 11.6. The summed E-state index contributed by atoms with van der Waals surface area (Å²) in [6, 6.07) is 6.46. The average Bonchev–Trinajstić information content (AvgIpc) is 2.46. The Labute approximate surface area is 525 Å². The van der Waals surface area contributed by atoms with Crippen molar-refractivity contribution in [2.24, 2.45) is 0 Å². The molecule has 0 aliphatic rings. The van der Waals surface area contributed by atoms with Gasteiger partial charge in [0.05, 0.1) is 151 Å². The van der Waals surface area contributed by atoms with E-state index in [-0.39, 0.29) is 69.5 Å². The predicted molar refractivity (Wildman–Crippen MR) is 319 cm³/mol. The van der Waals surface area contributed by atoms with E-state index in [1.54, 1.807) is 30.3 Å². The second-order valence-corrected chi connectivity index (χ2v) is 21.0. The molecule has 0 radical (unpaired) electrons. The molecule has 1 aromatic carbocycles. The first-order valence-corrected chi connectivity index (χ1v) is 31.3. The maximum absolute atomic E-state index is 13.4. The number of unbranched alkanes of at least 4 members (excludes halogenated alkanes) is 2. The van der Waals surface area contributed by atoms with Crippen LogP contribution in [-0.4, -0.2) is 255 Å². The Balaban J connectivity index is 1.65. The largest absolute Gasteiger partial charge is 0.445 e. The summed E-state index contributed by atoms with van der Waals surface area (Å²) in [7, 11) is -3.58. The number of benzene rings is 1. The number of ether oxygens (including phenoxy) is 11. The van der Waals surface area contributed by atoms with Crippen LogP contribution in [0.15, 0.2) is 47.9 Å². The number of sulfone groups is 1. The van der Waals surface area contributed by atoms with Gasteiger partial charge in [0.2, 0.25) is 56.3 Å². The van der Waals surface area contributed by atoms with E-state index in [1.807, 2.05) is 0 Å². The molecule has 0 aliphatic carbocycles. The fraction of sp³-hybridized carbons (Fsp3) is 0.638. The van der Waals surface area contributed by atoms with Gasteiger partial charge in [0.15, 0.2) is 6.73 Å². The van der Waals surface area contributed by atoms with E-state index in [2.05, 4.69) is 63.8 Å². The van der Waals surface area contributed by atoms with Gasteiger partial charge in [0, 0.05) is 57.8 Å². The first-order valence-electron chi connectivity index (χ1n) is 29.4. The minimum absolute atomic E-state index is 0.0169. The van der Waals surface area contributed by atoms with Gasteiger partial charge < -0.3 is 94.1 Å². The van der Waals surface area contributed by atoms with E-state index in [4.69, 9.17) is 47.4 Å². The number of aromatic nitrogens is 2. The zero-order valence-electron chi connectivity index (χ0n) is 51.4. The quantitative estimate of drug-likeness (QED) is 0.00910. The molecule has 0 bridgehead atoms. The van der Waals surface area contributed by atoms with Crippen LogP contribution in [0, 0.1) is 11.8 Å². The molecule has 2 rings (SSSR count). The number of nitrogens with one attached hydrogen (secondary N) is 7. The molecule has 31 nitrogen and oxygen atoms in total. The van der Waals surface area contributed by atoms with Crippen molar-refractivity contribution in [3.63, 3.8) is 0 Å². The highest BCUT2D eigenvalue weighted by molar-refractivity contribution is 7.90. The van der Waals surface area contributed by atoms with Crippen molar-refractivity contribution in [2.75, 3.05) is 171 Å². The Hall–Kier alpha value is -7.16. The number of aldehydes is 1. The number of hydrogen-bond acceptors (Lipinski definition) is 24. The van der Waals surface area contributed by atoms with Gasteiger partial charge in [-0.3, -0.25) is 38.4 Å². The number of hydrogen-bond donors (Lipinski definition) is 7. The summed E-state index contributed by atoms with van der Waals surface area (Å²) in [5.41, 5.74) is 1.06. The summed E-state index contributed by atoms with van der Waals surface area (Å²) in [4.78, 5) is 119. The van der Waals surface area contributed by atoms with E-state index in [9.17, 15) is 51.6 Å². The molecule has 90 heavy (non-hydrogen) atoms. The Bertz CT molecular complexity index is 2550. The Morgan fingerprint density at radius 1 is 0.522 bits per heavy atom. The van der Waals surface area contributed by atoms with Crippen LogP contribution in [0.4, 0.5) is 0 Å². The number of carbonyl (C=O) groups is 9. The molecular formula is C58H89N9O22S. The lowest BCUT2D eigenvalue weighted by Crippen LogP contribution is -2.53. The number of esters is 1. The SMILES string of the molecule is CC(=O)OCNC(=O)CNC(=O)[C@H](Cc1ccccc1)NC(=O)CNC(=O)CNC(=O)[C@H](CCCCNC(=O)CCOCCOCCOCCOCCOCCOCCOCCOCCOCCOCC=O)NC(=O)CCCC#Cc1cnc(S(C)(=O)=O)nc1. The molecule has 0 saturated heterocycles. The number of amides is 7. The highest BCUT2D eigenvalue weighted by Gasteiger charge is 2.24. The highest BCUT2D eigenvalue weighted by atomic mass is 32.2. The molecule has 1 heterocycles. The Morgan fingerprint density at radius 2 is 0.989 bits per heavy atom. The van der Waals surface area contributed by atoms with E-state index in [0.717, 1.165) is 13.2 Å². The first-order chi connectivity index (χ1) is 43.6. The minimum atomic E-state index is -3.58. The molecule has 0 aliphatic heterocycles. The van der Waals surface area contributed by atoms with E-state index in [0.29, 0.717) is 149 Å². The summed E-state index contributed by atoms with van der Waals surface area (Å²) < 4.78 is 82.0. The van der Waals surface area contributed by atoms with Crippen molar-refractivity contribution in [1.82, 2.24) is 47.2 Å². The van der Waals surface area contributed by atoms with Crippen LogP contribution >= 0.6 is 0 Å². The Kier molecular flexibility index (Phi) is 46.1. The summed E-state index contributed by atoms with van der Waals surface area (Å²) in [6.07, 6.45) is 5.85. The Morgan fingerprint density at radius 3 is 1.49 bits per heavy atom. The van der Waals surface area contributed by atoms with Crippen LogP contribution in [0.3, 0.4) is 0 Å². The van der Waals surface area contributed by atoms with Crippen LogP contribution in [-0.2, 0) is 112 Å². The lowest BCUT2D eigenvalue weighted by molar-refractivity contribution is -0.143. The van der Waals surface area contributed by atoms with Gasteiger partial charge in [-0.2, -0.15) is 0 Å². The fourth-order valence-corrected chi connectivity index (χ4v) is 7.57. The second kappa shape index (κ2) is 52.6. The molecule has 2 atom stereocenters. The summed E-state index contributed by atoms with van der Waals surface area (Å²) in [5.74, 6) is 0.761. The third-order valence-corrected chi connectivity index (χ3v) is 12.4. The molecule has 7 amide bonds. The minimum Gasteiger partial charge on any atom is -0.445 e. The third kappa shape index (κ3) is 45.1. The van der Waals surface area contributed by atoms with Crippen LogP contribution < -0.4 is 37.2 Å². The number of carbonyl (C=O) groups excluding carboxylic acids is 9. The molecule has 7 N–H and O–H groups in total. The van der Waals surface area contributed by atoms with Gasteiger partial charge in [-0.25, -0.2) is 18.4 Å². The van der Waals surface area contributed by atoms with Crippen molar-refractivity contribution >= 4 is 63.4 Å². The van der Waals surface area contributed by atoms with Gasteiger partial charge in [-0.1, -0.05) is 42.2 Å². The smallest absolute Gasteiger partial charge is 0.304 e. The highest BCUT2D eigenvalue weighted by Crippen LogP contribution is 2.07. The second-order valence-electron chi connectivity index (χ2n) is 19.1. The molecule has 0 unspecified atom stereocenters. The van der Waals surface area contributed by atoms with Gasteiger partial charge >= 0.3 is 5.97 Å². The fourth-order valence-electron chi connectivity index (χ4n) is 7.08. The van der Waals surface area contributed by atoms with Crippen molar-refractivity contribution in [1.29, 1.82) is 0 Å². The standard InChI is InChI=1S/C58H89N9O22S/c1-46(69)89-45-65-54(73)43-62-57(76)50(39-47-11-5-3-6-12-47)67-55(74)44-60-53(72)42-61-56(75)49(66-52(71)15-8-4-7-13-48-40-63-58(64-41-48)90(2,77)78)14-9-10-17-59-51(70)16-19-79-21-23-81-25-27-83-29-31-85-33-35-87-37-38-88-36-34-86-32-30-84-28-26-82-24-22-80-20-18-68/h3,5-6,11-12,18,40-41,49-50H,4,8-10,14-17,19-39,42-45H2,1-2H3,(H,59,70)(H,60,72)(H,61,75)(H,62,76)(H,65,73)(H,66,71)(H,67,74)/t49-,50-/m0/s1. The molecule has 1 aromatic heterocycles. The van der Waals surface area contributed by atoms with Crippen LogP contribution in [0.25, 0.3) is 0 Å². The van der Waals surface area contributed by atoms with Crippen molar-refractivity contribution in [3.8, 4) is 11.8 Å². The monoisotopic (exact) mass is 1300 g/mol. The molecule has 0 saturated carbocycles. The van der Waals surface area contributed by atoms with Crippen molar-refractivity contribution in [3.05, 3.63) is 53.9 Å². The van der Waals surface area contributed by atoms with E-state index in [1.165, 1.54) is 12.4 Å². The average molecular weight is 1300 g/mol. The van der Waals surface area contributed by atoms with Gasteiger partial charge in [-0.15, -0.1) is 0 Å². The molecule has 32 heteroatoms. The zero-order valence-corrected chi connectivity index (χ0v) is 52.2. The maximum atomic E-state index is 13.4. The van der Waals surface area contributed by atoms with Crippen molar-refractivity contribution in [2.45, 2.75) is 75.5 Å². The molecule has 0 fully saturated rings. The zero-order chi connectivity index (χ0) is 65.6. The summed E-state index contributed by atoms with van der Waals surface area (Å²) >= 11 is 0. The maximum Gasteiger partial charge on any atom is 0.304 e. The molecule has 504 valence electrons. The van der Waals surface area contributed by atoms with Crippen molar-refractivity contribution < 1.29 is 104 Å². The molecule has 0 spiro atoms. The van der Waals surface area contributed by atoms with Crippen LogP contribution in [0.1, 0.15) is 63.0 Å². The topological polar surface area (TPSA) is 399 Å². The number of rotatable bonds is 55. The van der Waals surface area contributed by atoms with Gasteiger partial charge in [0.1, 0.15) is 25.0 Å². The number of nitrogens with zero attached hydrogens (tertiary/aromatic N) is 2. The van der Waals surface area contributed by atoms with Gasteiger partial charge in [-0.05, 0) is 31.2 Å². The normalized spacial score (nSPS) is 11.7. The predicted octanol–water partition coefficient (Wildman–Crippen LogP) is -2.36. The summed E-state index contributed by atoms with van der Waals surface area (Å²) in [5, 5.41) is 17.3. The molecule has 2 aromatic rings. The first kappa shape index (κ1) is 78.9. The lowest BCUT2D eigenvalue weighted by Gasteiger charge is -2.19. The van der Waals surface area contributed by atoms with Crippen LogP contribution in [0.5, 0.6) is 0 Å². The van der Waals surface area contributed by atoms with Gasteiger partial charge in [0.25, 0.3) is 0 Å². The molecular weight excluding hydrogens is 1210 g/mol.